The van der Waals surface area contributed by atoms with E-state index in [4.69, 9.17) is 0 Å². The molecule has 1 saturated heterocycles. The van der Waals surface area contributed by atoms with Gasteiger partial charge in [0.25, 0.3) is 15.9 Å². The lowest BCUT2D eigenvalue weighted by atomic mass is 10.1. The van der Waals surface area contributed by atoms with Gasteiger partial charge >= 0.3 is 0 Å². The topological polar surface area (TPSA) is 73.8 Å². The molecule has 1 aliphatic heterocycles. The Balaban J connectivity index is 1.54. The first-order chi connectivity index (χ1) is 17.9. The molecule has 0 N–H and O–H groups in total. The van der Waals surface area contributed by atoms with E-state index in [-0.39, 0.29) is 17.3 Å². The number of carbonyl (C=O) groups is 1. The number of hydrogen-bond acceptors (Lipinski definition) is 5. The van der Waals surface area contributed by atoms with Crippen molar-refractivity contribution in [3.8, 4) is 0 Å². The van der Waals surface area contributed by atoms with Crippen LogP contribution in [-0.2, 0) is 16.6 Å². The van der Waals surface area contributed by atoms with Crippen LogP contribution >= 0.6 is 0 Å². The zero-order valence-electron chi connectivity index (χ0n) is 20.6. The maximum atomic E-state index is 13.6. The van der Waals surface area contributed by atoms with E-state index >= 15 is 0 Å². The fraction of sp³-hybridized carbons (Fsp3) is 0.172. The van der Waals surface area contributed by atoms with Crippen LogP contribution in [0.1, 0.15) is 16.1 Å². The van der Waals surface area contributed by atoms with Crippen molar-refractivity contribution in [2.45, 2.75) is 11.4 Å². The minimum absolute atomic E-state index is 0.0667. The summed E-state index contributed by atoms with van der Waals surface area (Å²) in [5.74, 6) is -0.0822. The van der Waals surface area contributed by atoms with Crippen LogP contribution < -0.4 is 4.31 Å². The van der Waals surface area contributed by atoms with E-state index in [9.17, 15) is 13.2 Å². The number of pyridine rings is 1. The molecular formula is C29H30N4O3S. The van der Waals surface area contributed by atoms with Gasteiger partial charge < -0.3 is 9.80 Å². The molecule has 0 spiro atoms. The first-order valence-electron chi connectivity index (χ1n) is 12.0. The largest absolute Gasteiger partial charge is 0.368 e. The molecule has 0 radical (unpaired) electrons. The molecule has 0 saturated carbocycles. The van der Waals surface area contributed by atoms with Crippen LogP contribution in [0.3, 0.4) is 0 Å². The summed E-state index contributed by atoms with van der Waals surface area (Å²) in [6, 6.07) is 20.4. The number of rotatable bonds is 9. The van der Waals surface area contributed by atoms with Gasteiger partial charge in [0.1, 0.15) is 0 Å². The summed E-state index contributed by atoms with van der Waals surface area (Å²) >= 11 is 0. The summed E-state index contributed by atoms with van der Waals surface area (Å²) in [6.07, 6.45) is 7.06. The van der Waals surface area contributed by atoms with Crippen LogP contribution in [0.5, 0.6) is 0 Å². The van der Waals surface area contributed by atoms with Crippen molar-refractivity contribution >= 4 is 21.6 Å². The van der Waals surface area contributed by atoms with Crippen molar-refractivity contribution in [2.24, 2.45) is 0 Å². The van der Waals surface area contributed by atoms with E-state index in [0.29, 0.717) is 43.1 Å². The second-order valence-corrected chi connectivity index (χ2v) is 10.4. The number of hydrogen-bond donors (Lipinski definition) is 0. The molecule has 2 heterocycles. The van der Waals surface area contributed by atoms with Gasteiger partial charge in [0.05, 0.1) is 22.8 Å². The van der Waals surface area contributed by atoms with E-state index in [1.165, 1.54) is 4.31 Å². The Morgan fingerprint density at radius 1 is 0.892 bits per heavy atom. The van der Waals surface area contributed by atoms with Gasteiger partial charge in [-0.2, -0.15) is 0 Å². The lowest BCUT2D eigenvalue weighted by molar-refractivity contribution is 0.0672. The van der Waals surface area contributed by atoms with Crippen LogP contribution in [0.4, 0.5) is 5.69 Å². The molecule has 7 nitrogen and oxygen atoms in total. The average Bonchev–Trinajstić information content (AvgIpc) is 2.95. The lowest BCUT2D eigenvalue weighted by Gasteiger charge is -2.36. The van der Waals surface area contributed by atoms with Gasteiger partial charge in [-0.3, -0.25) is 14.1 Å². The second kappa shape index (κ2) is 11.7. The molecular weight excluding hydrogens is 484 g/mol. The molecule has 1 aliphatic rings. The first kappa shape index (κ1) is 25.9. The molecule has 3 aromatic rings. The van der Waals surface area contributed by atoms with Gasteiger partial charge in [-0.05, 0) is 60.7 Å². The van der Waals surface area contributed by atoms with Gasteiger partial charge in [-0.15, -0.1) is 0 Å². The molecule has 4 rings (SSSR count). The molecule has 0 bridgehead atoms. The predicted molar refractivity (Wildman–Crippen MR) is 146 cm³/mol. The van der Waals surface area contributed by atoms with Crippen LogP contribution in [0.15, 0.2) is 121 Å². The second-order valence-electron chi connectivity index (χ2n) is 8.50. The van der Waals surface area contributed by atoms with Gasteiger partial charge in [0.15, 0.2) is 0 Å². The number of aromatic nitrogens is 1. The minimum atomic E-state index is -3.86. The van der Waals surface area contributed by atoms with E-state index in [1.807, 2.05) is 17.0 Å². The van der Waals surface area contributed by atoms with Gasteiger partial charge in [0.2, 0.25) is 0 Å². The van der Waals surface area contributed by atoms with Crippen LogP contribution in [-0.4, -0.2) is 55.3 Å². The van der Waals surface area contributed by atoms with Crippen molar-refractivity contribution in [3.63, 3.8) is 0 Å². The molecule has 0 unspecified atom stereocenters. The zero-order chi connectivity index (χ0) is 26.3. The lowest BCUT2D eigenvalue weighted by Crippen LogP contribution is -2.48. The Bertz CT molecular complexity index is 1360. The molecule has 2 aromatic carbocycles. The number of anilines is 1. The van der Waals surface area contributed by atoms with E-state index < -0.39 is 10.0 Å². The summed E-state index contributed by atoms with van der Waals surface area (Å²) in [7, 11) is -3.86. The molecule has 1 amide bonds. The summed E-state index contributed by atoms with van der Waals surface area (Å²) in [4.78, 5) is 21.7. The third-order valence-electron chi connectivity index (χ3n) is 6.19. The van der Waals surface area contributed by atoms with E-state index in [2.05, 4.69) is 23.0 Å². The highest BCUT2D eigenvalue weighted by molar-refractivity contribution is 7.92. The first-order valence-corrected chi connectivity index (χ1v) is 13.4. The van der Waals surface area contributed by atoms with Crippen molar-refractivity contribution in [1.82, 2.24) is 14.8 Å². The van der Waals surface area contributed by atoms with Gasteiger partial charge in [-0.25, -0.2) is 8.42 Å². The standard InChI is InChI=1S/C29H30N4O3S/c1-3-10-26(4-2)31-19-21-32(22-20-31)29(34)24-14-16-27(17-15-24)33(23-25-11-8-9-18-30-25)37(35,36)28-12-6-5-7-13-28/h3-18H,1-2,19-23H2/b26-10+. The molecule has 1 fully saturated rings. The molecule has 190 valence electrons. The number of nitrogens with zero attached hydrogens (tertiary/aromatic N) is 4. The number of benzene rings is 2. The van der Waals surface area contributed by atoms with E-state index in [1.54, 1.807) is 85.1 Å². The van der Waals surface area contributed by atoms with Crippen molar-refractivity contribution in [3.05, 3.63) is 127 Å². The molecule has 37 heavy (non-hydrogen) atoms. The van der Waals surface area contributed by atoms with Crippen LogP contribution in [0.2, 0.25) is 0 Å². The number of piperazine rings is 1. The van der Waals surface area contributed by atoms with Crippen molar-refractivity contribution < 1.29 is 13.2 Å². The predicted octanol–water partition coefficient (Wildman–Crippen LogP) is 4.49. The quantitative estimate of drug-likeness (QED) is 0.394. The highest BCUT2D eigenvalue weighted by Crippen LogP contribution is 2.26. The molecule has 0 aliphatic carbocycles. The fourth-order valence-corrected chi connectivity index (χ4v) is 5.67. The Hall–Kier alpha value is -4.17. The maximum Gasteiger partial charge on any atom is 0.264 e. The smallest absolute Gasteiger partial charge is 0.264 e. The third kappa shape index (κ3) is 5.98. The van der Waals surface area contributed by atoms with Crippen LogP contribution in [0.25, 0.3) is 0 Å². The molecule has 0 atom stereocenters. The summed E-state index contributed by atoms with van der Waals surface area (Å²) in [6.45, 7) is 10.2. The van der Waals surface area contributed by atoms with Gasteiger partial charge in [-0.1, -0.05) is 43.5 Å². The highest BCUT2D eigenvalue weighted by atomic mass is 32.2. The fourth-order valence-electron chi connectivity index (χ4n) is 4.22. The summed E-state index contributed by atoms with van der Waals surface area (Å²) in [5, 5.41) is 0. The maximum absolute atomic E-state index is 13.6. The van der Waals surface area contributed by atoms with Crippen molar-refractivity contribution in [1.29, 1.82) is 0 Å². The van der Waals surface area contributed by atoms with Gasteiger partial charge in [0, 0.05) is 43.6 Å². The minimum Gasteiger partial charge on any atom is -0.368 e. The number of allylic oxidation sites excluding steroid dienone is 3. The number of amides is 1. The molecule has 8 heteroatoms. The zero-order valence-corrected chi connectivity index (χ0v) is 21.4. The SMILES string of the molecule is C=C/C=C(\C=C)N1CCN(C(=O)c2ccc(N(Cc3ccccn3)S(=O)(=O)c3ccccc3)cc2)CC1. The Labute approximate surface area is 218 Å². The van der Waals surface area contributed by atoms with E-state index in [0.717, 1.165) is 5.70 Å². The summed E-state index contributed by atoms with van der Waals surface area (Å²) in [5.41, 5.74) is 2.57. The van der Waals surface area contributed by atoms with Crippen LogP contribution in [0, 0.1) is 0 Å². The Morgan fingerprint density at radius 3 is 2.14 bits per heavy atom. The normalized spacial score (nSPS) is 14.2. The Kier molecular flexibility index (Phi) is 8.20. The Morgan fingerprint density at radius 2 is 1.54 bits per heavy atom. The molecule has 1 aromatic heterocycles. The van der Waals surface area contributed by atoms with Crippen molar-refractivity contribution in [2.75, 3.05) is 30.5 Å². The number of sulfonamides is 1. The average molecular weight is 515 g/mol. The number of carbonyl (C=O) groups excluding carboxylic acids is 1. The summed E-state index contributed by atoms with van der Waals surface area (Å²) < 4.78 is 28.4. The third-order valence-corrected chi connectivity index (χ3v) is 7.98. The highest BCUT2D eigenvalue weighted by Gasteiger charge is 2.27. The monoisotopic (exact) mass is 514 g/mol.